The molecule has 0 atom stereocenters. The minimum Gasteiger partial charge on any atom is -0.427 e. The summed E-state index contributed by atoms with van der Waals surface area (Å²) in [4.78, 5) is 0. The minimum atomic E-state index is -0.275. The van der Waals surface area contributed by atoms with Gasteiger partial charge in [-0.25, -0.2) is 0 Å². The van der Waals surface area contributed by atoms with E-state index in [9.17, 15) is 0 Å². The molecule has 0 aliphatic carbocycles. The van der Waals surface area contributed by atoms with E-state index in [1.54, 1.807) is 7.11 Å². The van der Waals surface area contributed by atoms with Crippen LogP contribution in [0.5, 0.6) is 0 Å². The van der Waals surface area contributed by atoms with Crippen molar-refractivity contribution in [1.82, 2.24) is 5.32 Å². The lowest BCUT2D eigenvalue weighted by molar-refractivity contribution is 0.440. The van der Waals surface area contributed by atoms with Crippen LogP contribution < -0.4 is 11.1 Å². The zero-order chi connectivity index (χ0) is 11.6. The van der Waals surface area contributed by atoms with Gasteiger partial charge in [0, 0.05) is 26.7 Å². The maximum Gasteiger partial charge on any atom is 0.161 e. The van der Waals surface area contributed by atoms with Crippen LogP contribution in [0.4, 0.5) is 0 Å². The van der Waals surface area contributed by atoms with Crippen molar-refractivity contribution in [3.63, 3.8) is 0 Å². The average molecular weight is 238 g/mol. The summed E-state index contributed by atoms with van der Waals surface area (Å²) in [6.07, 6.45) is 1.15. The SMILES string of the molecule is CO[SiH2]CCc1ccc(CNCCN)cc1. The Bertz CT molecular complexity index is 248. The first-order valence-electron chi connectivity index (χ1n) is 5.84. The molecule has 16 heavy (non-hydrogen) atoms. The maximum atomic E-state index is 5.41. The molecule has 0 saturated heterocycles. The Balaban J connectivity index is 2.30. The zero-order valence-corrected chi connectivity index (χ0v) is 11.5. The van der Waals surface area contributed by atoms with E-state index in [1.807, 2.05) is 0 Å². The van der Waals surface area contributed by atoms with Gasteiger partial charge >= 0.3 is 0 Å². The second-order valence-electron chi connectivity index (χ2n) is 3.88. The van der Waals surface area contributed by atoms with E-state index in [2.05, 4.69) is 29.6 Å². The highest BCUT2D eigenvalue weighted by atomic mass is 28.2. The van der Waals surface area contributed by atoms with Crippen molar-refractivity contribution in [2.75, 3.05) is 20.2 Å². The highest BCUT2D eigenvalue weighted by molar-refractivity contribution is 6.26. The largest absolute Gasteiger partial charge is 0.427 e. The smallest absolute Gasteiger partial charge is 0.161 e. The van der Waals surface area contributed by atoms with Gasteiger partial charge in [0.25, 0.3) is 0 Å². The fraction of sp³-hybridized carbons (Fsp3) is 0.500. The van der Waals surface area contributed by atoms with Crippen molar-refractivity contribution in [1.29, 1.82) is 0 Å². The molecule has 0 saturated carbocycles. The Hall–Kier alpha value is -0.683. The van der Waals surface area contributed by atoms with Gasteiger partial charge in [-0.3, -0.25) is 0 Å². The molecule has 1 aromatic carbocycles. The molecule has 0 bridgehead atoms. The van der Waals surface area contributed by atoms with Crippen LogP contribution >= 0.6 is 0 Å². The summed E-state index contributed by atoms with van der Waals surface area (Å²) < 4.78 is 5.17. The second-order valence-corrected chi connectivity index (χ2v) is 5.57. The first kappa shape index (κ1) is 13.4. The Labute approximate surface area is 100 Å². The van der Waals surface area contributed by atoms with Crippen LogP contribution in [0.3, 0.4) is 0 Å². The number of hydrogen-bond donors (Lipinski definition) is 2. The molecule has 0 fully saturated rings. The molecule has 3 N–H and O–H groups in total. The number of nitrogens with one attached hydrogen (secondary N) is 1. The van der Waals surface area contributed by atoms with Crippen molar-refractivity contribution in [3.8, 4) is 0 Å². The summed E-state index contributed by atoms with van der Waals surface area (Å²) in [5.41, 5.74) is 8.14. The fourth-order valence-corrected chi connectivity index (χ4v) is 2.42. The molecule has 0 amide bonds. The molecule has 3 nitrogen and oxygen atoms in total. The van der Waals surface area contributed by atoms with Gasteiger partial charge in [0.1, 0.15) is 0 Å². The Morgan fingerprint density at radius 2 is 1.94 bits per heavy atom. The van der Waals surface area contributed by atoms with Crippen molar-refractivity contribution in [2.45, 2.75) is 19.0 Å². The topological polar surface area (TPSA) is 47.3 Å². The number of aryl methyl sites for hydroxylation is 1. The molecule has 1 aromatic rings. The monoisotopic (exact) mass is 238 g/mol. The number of nitrogens with two attached hydrogens (primary N) is 1. The number of benzene rings is 1. The van der Waals surface area contributed by atoms with Gasteiger partial charge in [-0.2, -0.15) is 0 Å². The first-order valence-corrected chi connectivity index (χ1v) is 7.42. The molecular weight excluding hydrogens is 216 g/mol. The minimum absolute atomic E-state index is 0.275. The van der Waals surface area contributed by atoms with Gasteiger partial charge in [0.15, 0.2) is 9.76 Å². The van der Waals surface area contributed by atoms with Crippen LogP contribution in [0.1, 0.15) is 11.1 Å². The summed E-state index contributed by atoms with van der Waals surface area (Å²) in [5, 5.41) is 3.28. The molecule has 0 radical (unpaired) electrons. The summed E-state index contributed by atoms with van der Waals surface area (Å²) in [5.74, 6) is 0. The predicted octanol–water partition coefficient (Wildman–Crippen LogP) is 0.426. The van der Waals surface area contributed by atoms with Gasteiger partial charge in [0.2, 0.25) is 0 Å². The van der Waals surface area contributed by atoms with Crippen molar-refractivity contribution < 1.29 is 4.43 Å². The van der Waals surface area contributed by atoms with Crippen LogP contribution in [0, 0.1) is 0 Å². The Morgan fingerprint density at radius 3 is 2.56 bits per heavy atom. The summed E-state index contributed by atoms with van der Waals surface area (Å²) in [6.45, 7) is 2.48. The van der Waals surface area contributed by atoms with Crippen LogP contribution in [-0.2, 0) is 17.4 Å². The van der Waals surface area contributed by atoms with Gasteiger partial charge < -0.3 is 15.5 Å². The maximum absolute atomic E-state index is 5.41. The molecule has 90 valence electrons. The summed E-state index contributed by atoms with van der Waals surface area (Å²) in [7, 11) is 1.53. The highest BCUT2D eigenvalue weighted by Crippen LogP contribution is 2.06. The van der Waals surface area contributed by atoms with Crippen LogP contribution in [-0.4, -0.2) is 30.0 Å². The Kier molecular flexibility index (Phi) is 7.08. The van der Waals surface area contributed by atoms with Crippen LogP contribution in [0.15, 0.2) is 24.3 Å². The average Bonchev–Trinajstić information content (AvgIpc) is 2.32. The normalized spacial score (nSPS) is 11.4. The molecule has 0 heterocycles. The van der Waals surface area contributed by atoms with E-state index in [0.717, 1.165) is 19.5 Å². The second kappa shape index (κ2) is 8.47. The van der Waals surface area contributed by atoms with E-state index in [-0.39, 0.29) is 9.76 Å². The van der Waals surface area contributed by atoms with Gasteiger partial charge in [-0.1, -0.05) is 24.3 Å². The lowest BCUT2D eigenvalue weighted by atomic mass is 10.1. The third kappa shape index (κ3) is 5.41. The van der Waals surface area contributed by atoms with E-state index in [1.165, 1.54) is 17.2 Å². The van der Waals surface area contributed by atoms with Crippen molar-refractivity contribution in [3.05, 3.63) is 35.4 Å². The van der Waals surface area contributed by atoms with Crippen molar-refractivity contribution >= 4 is 9.76 Å². The fourth-order valence-electron chi connectivity index (χ4n) is 1.58. The standard InChI is InChI=1S/C12H22N2OSi/c1-15-16-9-6-11-2-4-12(5-3-11)10-14-8-7-13/h2-5,14H,6-10,13,16H2,1H3. The van der Waals surface area contributed by atoms with Crippen molar-refractivity contribution in [2.24, 2.45) is 5.73 Å². The lowest BCUT2D eigenvalue weighted by Gasteiger charge is -2.05. The molecule has 4 heteroatoms. The molecule has 0 aliphatic heterocycles. The molecule has 0 aliphatic rings. The Morgan fingerprint density at radius 1 is 1.25 bits per heavy atom. The predicted molar refractivity (Wildman–Crippen MR) is 71.3 cm³/mol. The highest BCUT2D eigenvalue weighted by Gasteiger charge is 1.95. The van der Waals surface area contributed by atoms with Crippen LogP contribution in [0.25, 0.3) is 0 Å². The quantitative estimate of drug-likeness (QED) is 0.510. The molecule has 0 spiro atoms. The first-order chi connectivity index (χ1) is 7.86. The van der Waals surface area contributed by atoms with Gasteiger partial charge in [-0.15, -0.1) is 0 Å². The van der Waals surface area contributed by atoms with E-state index in [4.69, 9.17) is 10.2 Å². The number of hydrogen-bond acceptors (Lipinski definition) is 3. The molecule has 0 unspecified atom stereocenters. The third-order valence-corrected chi connectivity index (χ3v) is 3.54. The van der Waals surface area contributed by atoms with E-state index in [0.29, 0.717) is 6.54 Å². The van der Waals surface area contributed by atoms with E-state index < -0.39 is 0 Å². The lowest BCUT2D eigenvalue weighted by Crippen LogP contribution is -2.21. The summed E-state index contributed by atoms with van der Waals surface area (Å²) >= 11 is 0. The van der Waals surface area contributed by atoms with Crippen LogP contribution in [0.2, 0.25) is 6.04 Å². The zero-order valence-electron chi connectivity index (χ0n) is 10.0. The number of rotatable bonds is 8. The molecular formula is C12H22N2OSi. The van der Waals surface area contributed by atoms with Gasteiger partial charge in [-0.05, 0) is 23.6 Å². The van der Waals surface area contributed by atoms with Gasteiger partial charge in [0.05, 0.1) is 0 Å². The molecule has 1 rings (SSSR count). The third-order valence-electron chi connectivity index (χ3n) is 2.49. The van der Waals surface area contributed by atoms with E-state index >= 15 is 0 Å². The summed E-state index contributed by atoms with van der Waals surface area (Å²) in [6, 6.07) is 10.0. The molecule has 0 aromatic heterocycles.